The summed E-state index contributed by atoms with van der Waals surface area (Å²) in [6.07, 6.45) is -1.20. The lowest BCUT2D eigenvalue weighted by molar-refractivity contribution is 0.0520. The molecule has 0 fully saturated rings. The summed E-state index contributed by atoms with van der Waals surface area (Å²) in [4.78, 5) is 0. The molecule has 0 aromatic heterocycles. The van der Waals surface area contributed by atoms with Crippen LogP contribution in [0.25, 0.3) is 0 Å². The van der Waals surface area contributed by atoms with Gasteiger partial charge in [-0.1, -0.05) is 0 Å². The van der Waals surface area contributed by atoms with Gasteiger partial charge in [0.25, 0.3) is 0 Å². The number of hydrogen-bond acceptors (Lipinski definition) is 3. The van der Waals surface area contributed by atoms with E-state index < -0.39 is 42.5 Å². The molecule has 0 heterocycles. The lowest BCUT2D eigenvalue weighted by Gasteiger charge is -2.10. The molecule has 1 atom stereocenters. The minimum Gasteiger partial charge on any atom is -0.488 e. The number of ether oxygens (including phenoxy) is 1. The fraction of sp³-hybridized carbons (Fsp3) is 0.333. The molecule has 0 saturated carbocycles. The topological polar surface area (TPSA) is 49.7 Å². The lowest BCUT2D eigenvalue weighted by Crippen LogP contribution is -2.21. The summed E-state index contributed by atoms with van der Waals surface area (Å²) in [5.74, 6) is -4.92. The van der Waals surface area contributed by atoms with Gasteiger partial charge in [-0.3, -0.25) is 0 Å². The number of halogens is 3. The number of aliphatic hydroxyl groups is 2. The highest BCUT2D eigenvalue weighted by Gasteiger charge is 2.15. The Kier molecular flexibility index (Phi) is 3.93. The monoisotopic (exact) mass is 222 g/mol. The minimum atomic E-state index is -1.63. The highest BCUT2D eigenvalue weighted by molar-refractivity contribution is 5.26. The summed E-state index contributed by atoms with van der Waals surface area (Å²) in [5, 5.41) is 17.3. The van der Waals surface area contributed by atoms with Crippen molar-refractivity contribution in [3.8, 4) is 5.75 Å². The normalized spacial score (nSPS) is 12.6. The number of hydrogen-bond donors (Lipinski definition) is 2. The first kappa shape index (κ1) is 11.8. The Hall–Kier alpha value is -1.27. The molecule has 0 radical (unpaired) electrons. The Morgan fingerprint density at radius 2 is 1.87 bits per heavy atom. The summed E-state index contributed by atoms with van der Waals surface area (Å²) in [6.45, 7) is -0.968. The number of benzene rings is 1. The predicted octanol–water partition coefficient (Wildman–Crippen LogP) is 0.836. The first-order chi connectivity index (χ1) is 7.06. The van der Waals surface area contributed by atoms with Gasteiger partial charge in [-0.25, -0.2) is 8.78 Å². The average Bonchev–Trinajstić information content (AvgIpc) is 2.24. The van der Waals surface area contributed by atoms with Crippen molar-refractivity contribution in [3.05, 3.63) is 29.6 Å². The van der Waals surface area contributed by atoms with Crippen molar-refractivity contribution in [2.45, 2.75) is 6.10 Å². The van der Waals surface area contributed by atoms with Crippen molar-refractivity contribution < 1.29 is 28.1 Å². The van der Waals surface area contributed by atoms with Gasteiger partial charge in [0, 0.05) is 0 Å². The second kappa shape index (κ2) is 4.99. The van der Waals surface area contributed by atoms with Gasteiger partial charge in [-0.05, 0) is 12.1 Å². The van der Waals surface area contributed by atoms with Gasteiger partial charge in [0.15, 0.2) is 17.4 Å². The fourth-order valence-electron chi connectivity index (χ4n) is 0.858. The van der Waals surface area contributed by atoms with E-state index in [2.05, 4.69) is 4.74 Å². The maximum atomic E-state index is 12.9. The van der Waals surface area contributed by atoms with E-state index in [4.69, 9.17) is 10.2 Å². The summed E-state index contributed by atoms with van der Waals surface area (Å²) in [7, 11) is 0. The molecule has 0 bridgehead atoms. The zero-order valence-electron chi connectivity index (χ0n) is 7.58. The zero-order valence-corrected chi connectivity index (χ0v) is 7.58. The summed E-state index contributed by atoms with van der Waals surface area (Å²) in [6, 6.07) is 1.61. The van der Waals surface area contributed by atoms with Gasteiger partial charge in [-0.15, -0.1) is 0 Å². The van der Waals surface area contributed by atoms with Gasteiger partial charge in [-0.2, -0.15) is 4.39 Å². The van der Waals surface area contributed by atoms with Crippen molar-refractivity contribution in [1.29, 1.82) is 0 Å². The molecule has 1 aromatic rings. The van der Waals surface area contributed by atoms with Gasteiger partial charge >= 0.3 is 0 Å². The SMILES string of the molecule is OCC(O)COc1ccc(F)c(F)c1F. The molecular formula is C9H9F3O3. The second-order valence-corrected chi connectivity index (χ2v) is 2.82. The molecule has 0 aliphatic rings. The molecule has 2 N–H and O–H groups in total. The maximum absolute atomic E-state index is 12.9. The van der Waals surface area contributed by atoms with Crippen LogP contribution in [0.1, 0.15) is 0 Å². The van der Waals surface area contributed by atoms with Crippen LogP contribution in [0.5, 0.6) is 5.75 Å². The van der Waals surface area contributed by atoms with E-state index in [-0.39, 0.29) is 0 Å². The molecule has 1 aromatic carbocycles. The Morgan fingerprint density at radius 1 is 1.20 bits per heavy atom. The maximum Gasteiger partial charge on any atom is 0.203 e. The van der Waals surface area contributed by atoms with Crippen molar-refractivity contribution >= 4 is 0 Å². The molecule has 0 spiro atoms. The van der Waals surface area contributed by atoms with Crippen LogP contribution >= 0.6 is 0 Å². The van der Waals surface area contributed by atoms with E-state index in [1.54, 1.807) is 0 Å². The van der Waals surface area contributed by atoms with E-state index >= 15 is 0 Å². The Morgan fingerprint density at radius 3 is 2.47 bits per heavy atom. The van der Waals surface area contributed by atoms with E-state index in [9.17, 15) is 13.2 Å². The van der Waals surface area contributed by atoms with Crippen LogP contribution < -0.4 is 4.74 Å². The minimum absolute atomic E-state index is 0.404. The van der Waals surface area contributed by atoms with Crippen LogP contribution in [0.3, 0.4) is 0 Å². The Balaban J connectivity index is 2.74. The van der Waals surface area contributed by atoms with E-state index in [1.807, 2.05) is 0 Å². The number of rotatable bonds is 4. The first-order valence-electron chi connectivity index (χ1n) is 4.11. The molecule has 3 nitrogen and oxygen atoms in total. The molecule has 0 amide bonds. The number of aliphatic hydroxyl groups excluding tert-OH is 2. The highest BCUT2D eigenvalue weighted by atomic mass is 19.2. The van der Waals surface area contributed by atoms with E-state index in [0.717, 1.165) is 6.07 Å². The molecular weight excluding hydrogens is 213 g/mol. The van der Waals surface area contributed by atoms with Crippen molar-refractivity contribution in [2.75, 3.05) is 13.2 Å². The second-order valence-electron chi connectivity index (χ2n) is 2.82. The van der Waals surface area contributed by atoms with E-state index in [1.165, 1.54) is 0 Å². The fourth-order valence-corrected chi connectivity index (χ4v) is 0.858. The molecule has 0 aliphatic carbocycles. The zero-order chi connectivity index (χ0) is 11.4. The Bertz CT molecular complexity index is 344. The van der Waals surface area contributed by atoms with Crippen LogP contribution in [0.15, 0.2) is 12.1 Å². The van der Waals surface area contributed by atoms with Crippen LogP contribution in [0.2, 0.25) is 0 Å². The third-order valence-electron chi connectivity index (χ3n) is 1.64. The Labute approximate surface area is 83.7 Å². The van der Waals surface area contributed by atoms with Gasteiger partial charge < -0.3 is 14.9 Å². The lowest BCUT2D eigenvalue weighted by atomic mass is 10.3. The van der Waals surface area contributed by atoms with Gasteiger partial charge in [0.2, 0.25) is 5.82 Å². The average molecular weight is 222 g/mol. The van der Waals surface area contributed by atoms with Crippen molar-refractivity contribution in [1.82, 2.24) is 0 Å². The quantitative estimate of drug-likeness (QED) is 0.742. The summed E-state index contributed by atoms with van der Waals surface area (Å²) in [5.41, 5.74) is 0. The van der Waals surface area contributed by atoms with Gasteiger partial charge in [0.05, 0.1) is 6.61 Å². The summed E-state index contributed by atoms with van der Waals surface area (Å²) < 4.78 is 42.7. The van der Waals surface area contributed by atoms with E-state index in [0.29, 0.717) is 6.07 Å². The predicted molar refractivity (Wildman–Crippen MR) is 44.9 cm³/mol. The molecule has 1 rings (SSSR count). The third-order valence-corrected chi connectivity index (χ3v) is 1.64. The largest absolute Gasteiger partial charge is 0.488 e. The molecule has 0 saturated heterocycles. The third kappa shape index (κ3) is 2.84. The highest BCUT2D eigenvalue weighted by Crippen LogP contribution is 2.21. The summed E-state index contributed by atoms with van der Waals surface area (Å²) >= 11 is 0. The van der Waals surface area contributed by atoms with Crippen LogP contribution in [-0.2, 0) is 0 Å². The molecule has 1 unspecified atom stereocenters. The molecule has 0 aliphatic heterocycles. The van der Waals surface area contributed by atoms with Gasteiger partial charge in [0.1, 0.15) is 12.7 Å². The molecule has 15 heavy (non-hydrogen) atoms. The van der Waals surface area contributed by atoms with Crippen molar-refractivity contribution in [3.63, 3.8) is 0 Å². The smallest absolute Gasteiger partial charge is 0.203 e. The van der Waals surface area contributed by atoms with Crippen LogP contribution in [-0.4, -0.2) is 29.5 Å². The standard InChI is InChI=1S/C9H9F3O3/c10-6-1-2-7(9(12)8(6)11)15-4-5(14)3-13/h1-2,5,13-14H,3-4H2. The first-order valence-corrected chi connectivity index (χ1v) is 4.11. The molecule has 84 valence electrons. The molecule has 6 heteroatoms. The van der Waals surface area contributed by atoms with Crippen LogP contribution in [0.4, 0.5) is 13.2 Å². The van der Waals surface area contributed by atoms with Crippen LogP contribution in [0, 0.1) is 17.5 Å². The van der Waals surface area contributed by atoms with Crippen molar-refractivity contribution in [2.24, 2.45) is 0 Å².